The van der Waals surface area contributed by atoms with Gasteiger partial charge in [-0.2, -0.15) is 0 Å². The van der Waals surface area contributed by atoms with E-state index in [1.807, 2.05) is 0 Å². The molecule has 2 rings (SSSR count). The smallest absolute Gasteiger partial charge is 0.258 e. The van der Waals surface area contributed by atoms with Gasteiger partial charge in [-0.25, -0.2) is 4.98 Å². The van der Waals surface area contributed by atoms with E-state index in [2.05, 4.69) is 4.98 Å². The van der Waals surface area contributed by atoms with Gasteiger partial charge in [-0.3, -0.25) is 9.36 Å². The fourth-order valence-corrected chi connectivity index (χ4v) is 1.56. The molecule has 2 aromatic heterocycles. The van der Waals surface area contributed by atoms with Crippen LogP contribution in [0.4, 0.5) is 0 Å². The summed E-state index contributed by atoms with van der Waals surface area (Å²) in [7, 11) is 3.42. The molecule has 0 unspecified atom stereocenters. The largest absolute Gasteiger partial charge is 0.505 e. The maximum Gasteiger partial charge on any atom is 0.258 e. The topological polar surface area (TPSA) is 60.1 Å². The second-order valence-corrected chi connectivity index (χ2v) is 3.37. The minimum atomic E-state index is -0.214. The highest BCUT2D eigenvalue weighted by Crippen LogP contribution is 2.23. The molecule has 2 aromatic rings. The van der Waals surface area contributed by atoms with Crippen molar-refractivity contribution in [3.63, 3.8) is 0 Å². The lowest BCUT2D eigenvalue weighted by atomic mass is 10.2. The molecule has 0 aliphatic heterocycles. The fraction of sp³-hybridized carbons (Fsp3) is 0.333. The molecule has 5 heteroatoms. The zero-order chi connectivity index (χ0) is 10.5. The summed E-state index contributed by atoms with van der Waals surface area (Å²) in [6.07, 6.45) is 1.57. The van der Waals surface area contributed by atoms with Gasteiger partial charge in [-0.1, -0.05) is 0 Å². The first-order valence-electron chi connectivity index (χ1n) is 4.23. The second-order valence-electron chi connectivity index (χ2n) is 3.37. The van der Waals surface area contributed by atoms with Gasteiger partial charge in [0.15, 0.2) is 11.4 Å². The molecule has 0 saturated heterocycles. The average molecular weight is 193 g/mol. The second kappa shape index (κ2) is 2.60. The molecule has 0 aromatic carbocycles. The van der Waals surface area contributed by atoms with E-state index < -0.39 is 0 Å². The maximum absolute atomic E-state index is 11.6. The molecule has 0 aliphatic rings. The first-order chi connectivity index (χ1) is 6.54. The van der Waals surface area contributed by atoms with Crippen molar-refractivity contribution in [3.05, 3.63) is 22.2 Å². The van der Waals surface area contributed by atoms with Crippen molar-refractivity contribution in [2.75, 3.05) is 0 Å². The fourth-order valence-electron chi connectivity index (χ4n) is 1.56. The molecule has 14 heavy (non-hydrogen) atoms. The molecule has 0 spiro atoms. The van der Waals surface area contributed by atoms with Gasteiger partial charge in [0.25, 0.3) is 5.56 Å². The Morgan fingerprint density at radius 1 is 1.43 bits per heavy atom. The number of nitrogens with zero attached hydrogens (tertiary/aromatic N) is 3. The van der Waals surface area contributed by atoms with Gasteiger partial charge >= 0.3 is 0 Å². The number of hydrogen-bond acceptors (Lipinski definition) is 3. The Bertz CT molecular complexity index is 565. The van der Waals surface area contributed by atoms with Crippen LogP contribution in [-0.2, 0) is 14.1 Å². The van der Waals surface area contributed by atoms with E-state index in [-0.39, 0.29) is 11.3 Å². The number of rotatable bonds is 0. The van der Waals surface area contributed by atoms with Gasteiger partial charge in [0.2, 0.25) is 0 Å². The van der Waals surface area contributed by atoms with Crippen molar-refractivity contribution in [3.8, 4) is 5.75 Å². The molecule has 0 aliphatic carbocycles. The Morgan fingerprint density at radius 3 is 2.71 bits per heavy atom. The standard InChI is InChI=1S/C9H11N3O2/c1-5-7(13)6-8(10-4-11(6)2)12(3)9(5)14/h4,13H,1-3H3. The summed E-state index contributed by atoms with van der Waals surface area (Å²) in [5.74, 6) is 0.0168. The number of aryl methyl sites for hydroxylation is 2. The number of pyridine rings is 1. The molecule has 0 radical (unpaired) electrons. The van der Waals surface area contributed by atoms with Gasteiger partial charge in [0.1, 0.15) is 5.52 Å². The van der Waals surface area contributed by atoms with Gasteiger partial charge in [-0.05, 0) is 6.92 Å². The van der Waals surface area contributed by atoms with Crippen molar-refractivity contribution in [2.24, 2.45) is 14.1 Å². The van der Waals surface area contributed by atoms with Crippen LogP contribution in [0.5, 0.6) is 5.75 Å². The predicted molar refractivity (Wildman–Crippen MR) is 52.4 cm³/mol. The molecular formula is C9H11N3O2. The summed E-state index contributed by atoms with van der Waals surface area (Å²) in [4.78, 5) is 15.6. The Kier molecular flexibility index (Phi) is 1.64. The Balaban J connectivity index is 3.13. The molecule has 0 fully saturated rings. The van der Waals surface area contributed by atoms with E-state index >= 15 is 0 Å². The van der Waals surface area contributed by atoms with E-state index in [9.17, 15) is 9.90 Å². The normalized spacial score (nSPS) is 11.1. The van der Waals surface area contributed by atoms with Crippen molar-refractivity contribution >= 4 is 11.2 Å². The quantitative estimate of drug-likeness (QED) is 0.654. The van der Waals surface area contributed by atoms with Crippen LogP contribution in [-0.4, -0.2) is 19.2 Å². The highest BCUT2D eigenvalue weighted by molar-refractivity contribution is 5.79. The van der Waals surface area contributed by atoms with Crippen LogP contribution in [0.15, 0.2) is 11.1 Å². The molecule has 0 bridgehead atoms. The number of aromatic nitrogens is 3. The summed E-state index contributed by atoms with van der Waals surface area (Å²) in [5.41, 5.74) is 1.22. The van der Waals surface area contributed by atoms with E-state index in [4.69, 9.17) is 0 Å². The molecule has 5 nitrogen and oxygen atoms in total. The predicted octanol–water partition coefficient (Wildman–Crippen LogP) is 0.286. The van der Waals surface area contributed by atoms with Crippen LogP contribution in [0, 0.1) is 6.92 Å². The minimum Gasteiger partial charge on any atom is -0.505 e. The summed E-state index contributed by atoms with van der Waals surface area (Å²) < 4.78 is 3.13. The van der Waals surface area contributed by atoms with Crippen molar-refractivity contribution < 1.29 is 5.11 Å². The molecular weight excluding hydrogens is 182 g/mol. The molecule has 0 atom stereocenters. The summed E-state index contributed by atoms with van der Waals surface area (Å²) in [6.45, 7) is 1.60. The molecule has 1 N–H and O–H groups in total. The van der Waals surface area contributed by atoms with Crippen LogP contribution >= 0.6 is 0 Å². The maximum atomic E-state index is 11.6. The lowest BCUT2D eigenvalue weighted by Gasteiger charge is -2.05. The van der Waals surface area contributed by atoms with Crippen LogP contribution < -0.4 is 5.56 Å². The molecule has 74 valence electrons. The van der Waals surface area contributed by atoms with Gasteiger partial charge < -0.3 is 9.67 Å². The highest BCUT2D eigenvalue weighted by Gasteiger charge is 2.14. The van der Waals surface area contributed by atoms with Crippen LogP contribution in [0.2, 0.25) is 0 Å². The Labute approximate surface area is 80.2 Å². The first-order valence-corrected chi connectivity index (χ1v) is 4.23. The minimum absolute atomic E-state index is 0.0168. The van der Waals surface area contributed by atoms with Crippen molar-refractivity contribution in [1.29, 1.82) is 0 Å². The number of imidazole rings is 1. The lowest BCUT2D eigenvalue weighted by Crippen LogP contribution is -2.19. The zero-order valence-electron chi connectivity index (χ0n) is 8.27. The van der Waals surface area contributed by atoms with Crippen LogP contribution in [0.25, 0.3) is 11.2 Å². The van der Waals surface area contributed by atoms with E-state index in [0.29, 0.717) is 16.7 Å². The molecule has 0 amide bonds. The van der Waals surface area contributed by atoms with E-state index in [0.717, 1.165) is 0 Å². The summed E-state index contributed by atoms with van der Waals surface area (Å²) >= 11 is 0. The zero-order valence-corrected chi connectivity index (χ0v) is 8.27. The van der Waals surface area contributed by atoms with E-state index in [1.165, 1.54) is 4.57 Å². The monoisotopic (exact) mass is 193 g/mol. The van der Waals surface area contributed by atoms with Gasteiger partial charge in [-0.15, -0.1) is 0 Å². The average Bonchev–Trinajstić information content (AvgIpc) is 2.54. The van der Waals surface area contributed by atoms with Crippen LogP contribution in [0.1, 0.15) is 5.56 Å². The van der Waals surface area contributed by atoms with Crippen molar-refractivity contribution in [2.45, 2.75) is 6.92 Å². The van der Waals surface area contributed by atoms with Crippen molar-refractivity contribution in [1.82, 2.24) is 14.1 Å². The first kappa shape index (κ1) is 8.80. The summed E-state index contributed by atoms with van der Waals surface area (Å²) in [6, 6.07) is 0. The van der Waals surface area contributed by atoms with E-state index in [1.54, 1.807) is 31.9 Å². The third kappa shape index (κ3) is 0.891. The Hall–Kier alpha value is -1.78. The highest BCUT2D eigenvalue weighted by atomic mass is 16.3. The third-order valence-electron chi connectivity index (χ3n) is 2.44. The van der Waals surface area contributed by atoms with Crippen LogP contribution in [0.3, 0.4) is 0 Å². The van der Waals surface area contributed by atoms with Gasteiger partial charge in [0.05, 0.1) is 11.9 Å². The SMILES string of the molecule is Cc1c(O)c2c(ncn2C)n(C)c1=O. The summed E-state index contributed by atoms with van der Waals surface area (Å²) in [5, 5.41) is 9.76. The van der Waals surface area contributed by atoms with Gasteiger partial charge in [0, 0.05) is 14.1 Å². The number of aromatic hydroxyl groups is 1. The lowest BCUT2D eigenvalue weighted by molar-refractivity contribution is 0.472. The third-order valence-corrected chi connectivity index (χ3v) is 2.44. The number of fused-ring (bicyclic) bond motifs is 1. The molecule has 2 heterocycles. The number of hydrogen-bond donors (Lipinski definition) is 1. The Morgan fingerprint density at radius 2 is 2.07 bits per heavy atom. The molecule has 0 saturated carbocycles.